The third-order valence-electron chi connectivity index (χ3n) is 4.32. The van der Waals surface area contributed by atoms with E-state index in [2.05, 4.69) is 13.8 Å². The van der Waals surface area contributed by atoms with Gasteiger partial charge in [-0.25, -0.2) is 0 Å². The molecule has 0 bridgehead atoms. The molecule has 1 fully saturated rings. The molecular weight excluding hydrogens is 172 g/mol. The van der Waals surface area contributed by atoms with Crippen LogP contribution < -0.4 is 0 Å². The topological polar surface area (TPSA) is 20.2 Å². The molecule has 2 aliphatic rings. The number of fused-ring (bicyclic) bond motifs is 1. The van der Waals surface area contributed by atoms with Gasteiger partial charge in [0.25, 0.3) is 0 Å². The highest BCUT2D eigenvalue weighted by molar-refractivity contribution is 5.21. The molecule has 0 aromatic heterocycles. The molecule has 2 rings (SSSR count). The first kappa shape index (κ1) is 10.2. The predicted molar refractivity (Wildman–Crippen MR) is 59.0 cm³/mol. The summed E-state index contributed by atoms with van der Waals surface area (Å²) in [6, 6.07) is 0. The van der Waals surface area contributed by atoms with E-state index in [1.165, 1.54) is 32.1 Å². The first-order chi connectivity index (χ1) is 6.72. The van der Waals surface area contributed by atoms with Gasteiger partial charge < -0.3 is 5.11 Å². The molecule has 0 spiro atoms. The molecule has 0 saturated heterocycles. The van der Waals surface area contributed by atoms with Gasteiger partial charge in [0.15, 0.2) is 0 Å². The molecule has 2 aliphatic carbocycles. The maximum Gasteiger partial charge on any atom is 0.0459 e. The monoisotopic (exact) mass is 194 g/mol. The molecule has 1 saturated carbocycles. The third kappa shape index (κ3) is 1.75. The van der Waals surface area contributed by atoms with Crippen molar-refractivity contribution in [3.8, 4) is 0 Å². The van der Waals surface area contributed by atoms with Crippen molar-refractivity contribution >= 4 is 0 Å². The normalized spacial score (nSPS) is 38.4. The van der Waals surface area contributed by atoms with Crippen LogP contribution >= 0.6 is 0 Å². The second kappa shape index (κ2) is 4.06. The zero-order valence-corrected chi connectivity index (χ0v) is 9.42. The van der Waals surface area contributed by atoms with E-state index in [4.69, 9.17) is 0 Å². The Bertz CT molecular complexity index is 242. The maximum absolute atomic E-state index is 9.29. The van der Waals surface area contributed by atoms with Crippen LogP contribution in [0.1, 0.15) is 46.0 Å². The van der Waals surface area contributed by atoms with Gasteiger partial charge in [0.1, 0.15) is 0 Å². The number of hydrogen-bond donors (Lipinski definition) is 1. The van der Waals surface area contributed by atoms with Crippen molar-refractivity contribution in [1.82, 2.24) is 0 Å². The lowest BCUT2D eigenvalue weighted by Crippen LogP contribution is -2.13. The highest BCUT2D eigenvalue weighted by Crippen LogP contribution is 2.45. The van der Waals surface area contributed by atoms with E-state index in [0.717, 1.165) is 11.8 Å². The average molecular weight is 194 g/mol. The van der Waals surface area contributed by atoms with Gasteiger partial charge >= 0.3 is 0 Å². The summed E-state index contributed by atoms with van der Waals surface area (Å²) in [5.41, 5.74) is 3.38. The Balaban J connectivity index is 2.18. The summed E-state index contributed by atoms with van der Waals surface area (Å²) in [7, 11) is 0. The van der Waals surface area contributed by atoms with Crippen LogP contribution in [-0.2, 0) is 0 Å². The van der Waals surface area contributed by atoms with Crippen LogP contribution in [0.25, 0.3) is 0 Å². The molecule has 0 heterocycles. The van der Waals surface area contributed by atoms with E-state index in [9.17, 15) is 5.11 Å². The minimum Gasteiger partial charge on any atom is -0.396 e. The van der Waals surface area contributed by atoms with Crippen LogP contribution in [0.5, 0.6) is 0 Å². The molecule has 0 radical (unpaired) electrons. The number of aliphatic hydroxyl groups is 1. The van der Waals surface area contributed by atoms with Gasteiger partial charge in [-0.3, -0.25) is 0 Å². The highest BCUT2D eigenvalue weighted by Gasteiger charge is 2.33. The molecule has 1 nitrogen and oxygen atoms in total. The Hall–Kier alpha value is -0.300. The Kier molecular flexibility index (Phi) is 2.96. The molecule has 1 N–H and O–H groups in total. The number of aliphatic hydroxyl groups excluding tert-OH is 1. The minimum absolute atomic E-state index is 0.393. The average Bonchev–Trinajstić information content (AvgIpc) is 2.45. The van der Waals surface area contributed by atoms with Gasteiger partial charge in [0.05, 0.1) is 0 Å². The zero-order valence-electron chi connectivity index (χ0n) is 9.42. The first-order valence-electron chi connectivity index (χ1n) is 6.01. The van der Waals surface area contributed by atoms with Crippen molar-refractivity contribution in [2.75, 3.05) is 6.61 Å². The summed E-state index contributed by atoms with van der Waals surface area (Å²) in [6.45, 7) is 5.08. The summed E-state index contributed by atoms with van der Waals surface area (Å²) in [6.07, 6.45) is 6.37. The second-order valence-corrected chi connectivity index (χ2v) is 5.25. The number of allylic oxidation sites excluding steroid dienone is 2. The lowest BCUT2D eigenvalue weighted by molar-refractivity contribution is 0.194. The van der Waals surface area contributed by atoms with Gasteiger partial charge in [-0.2, -0.15) is 0 Å². The predicted octanol–water partition coefficient (Wildman–Crippen LogP) is 3.14. The molecule has 0 aliphatic heterocycles. The van der Waals surface area contributed by atoms with Crippen molar-refractivity contribution < 1.29 is 5.11 Å². The number of hydrogen-bond acceptors (Lipinski definition) is 1. The van der Waals surface area contributed by atoms with E-state index in [0.29, 0.717) is 12.5 Å². The Morgan fingerprint density at radius 1 is 1.29 bits per heavy atom. The zero-order chi connectivity index (χ0) is 10.1. The van der Waals surface area contributed by atoms with Gasteiger partial charge in [-0.1, -0.05) is 18.1 Å². The van der Waals surface area contributed by atoms with Gasteiger partial charge in [-0.05, 0) is 56.8 Å². The molecule has 1 heteroatoms. The molecule has 0 unspecified atom stereocenters. The largest absolute Gasteiger partial charge is 0.396 e. The van der Waals surface area contributed by atoms with Crippen molar-refractivity contribution in [2.24, 2.45) is 17.8 Å². The SMILES string of the molecule is CC1=C2CC[C@H](C)[C@@H]2C[C@@H](CO)CC1. The minimum atomic E-state index is 0.393. The van der Waals surface area contributed by atoms with E-state index in [1.54, 1.807) is 11.1 Å². The van der Waals surface area contributed by atoms with Gasteiger partial charge in [-0.15, -0.1) is 0 Å². The lowest BCUT2D eigenvalue weighted by Gasteiger charge is -2.20. The van der Waals surface area contributed by atoms with Gasteiger partial charge in [0.2, 0.25) is 0 Å². The quantitative estimate of drug-likeness (QED) is 0.636. The molecule has 3 atom stereocenters. The summed E-state index contributed by atoms with van der Waals surface area (Å²) < 4.78 is 0. The summed E-state index contributed by atoms with van der Waals surface area (Å²) >= 11 is 0. The first-order valence-corrected chi connectivity index (χ1v) is 6.01. The van der Waals surface area contributed by atoms with E-state index in [-0.39, 0.29) is 0 Å². The third-order valence-corrected chi connectivity index (χ3v) is 4.32. The van der Waals surface area contributed by atoms with E-state index < -0.39 is 0 Å². The van der Waals surface area contributed by atoms with Crippen LogP contribution in [0.3, 0.4) is 0 Å². The van der Waals surface area contributed by atoms with Crippen molar-refractivity contribution in [3.05, 3.63) is 11.1 Å². The second-order valence-electron chi connectivity index (χ2n) is 5.25. The maximum atomic E-state index is 9.29. The Labute approximate surface area is 87.2 Å². The Morgan fingerprint density at radius 2 is 2.07 bits per heavy atom. The molecule has 0 aromatic carbocycles. The summed E-state index contributed by atoms with van der Waals surface area (Å²) in [5.74, 6) is 2.22. The molecule has 0 amide bonds. The van der Waals surface area contributed by atoms with Crippen LogP contribution in [-0.4, -0.2) is 11.7 Å². The van der Waals surface area contributed by atoms with E-state index in [1.807, 2.05) is 0 Å². The summed E-state index contributed by atoms with van der Waals surface area (Å²) in [4.78, 5) is 0. The van der Waals surface area contributed by atoms with Crippen LogP contribution in [0.15, 0.2) is 11.1 Å². The highest BCUT2D eigenvalue weighted by atomic mass is 16.3. The fourth-order valence-electron chi connectivity index (χ4n) is 3.24. The standard InChI is InChI=1S/C13H22O/c1-9-3-5-11(8-14)7-13-10(2)4-6-12(9)13/h10-11,13-14H,3-8H2,1-2H3/t10-,11-,13-/m0/s1. The van der Waals surface area contributed by atoms with Crippen molar-refractivity contribution in [3.63, 3.8) is 0 Å². The van der Waals surface area contributed by atoms with Crippen molar-refractivity contribution in [2.45, 2.75) is 46.0 Å². The number of rotatable bonds is 1. The van der Waals surface area contributed by atoms with E-state index >= 15 is 0 Å². The molecule has 80 valence electrons. The lowest BCUT2D eigenvalue weighted by atomic mass is 9.86. The van der Waals surface area contributed by atoms with Crippen LogP contribution in [0, 0.1) is 17.8 Å². The fourth-order valence-corrected chi connectivity index (χ4v) is 3.24. The Morgan fingerprint density at radius 3 is 2.79 bits per heavy atom. The molecule has 0 aromatic rings. The fraction of sp³-hybridized carbons (Fsp3) is 0.846. The summed E-state index contributed by atoms with van der Waals surface area (Å²) in [5, 5.41) is 9.29. The smallest absolute Gasteiger partial charge is 0.0459 e. The van der Waals surface area contributed by atoms with Crippen molar-refractivity contribution in [1.29, 1.82) is 0 Å². The molecular formula is C13H22O. The van der Waals surface area contributed by atoms with Crippen LogP contribution in [0.4, 0.5) is 0 Å². The molecule has 14 heavy (non-hydrogen) atoms. The van der Waals surface area contributed by atoms with Crippen LogP contribution in [0.2, 0.25) is 0 Å². The van der Waals surface area contributed by atoms with Gasteiger partial charge in [0, 0.05) is 6.61 Å².